The molecular formula is C11H23NO4. The van der Waals surface area contributed by atoms with Crippen LogP contribution in [0.5, 0.6) is 0 Å². The zero-order chi connectivity index (χ0) is 12.8. The van der Waals surface area contributed by atoms with Crippen LogP contribution >= 0.6 is 0 Å². The van der Waals surface area contributed by atoms with Crippen LogP contribution in [0.1, 0.15) is 27.2 Å². The monoisotopic (exact) mass is 233 g/mol. The fourth-order valence-corrected chi connectivity index (χ4v) is 1.59. The van der Waals surface area contributed by atoms with E-state index in [9.17, 15) is 4.79 Å². The van der Waals surface area contributed by atoms with Crippen molar-refractivity contribution in [2.24, 2.45) is 0 Å². The number of likely N-dealkylation sites (N-methyl/N-ethyl adjacent to an activating group) is 1. The topological polar surface area (TPSA) is 67.8 Å². The van der Waals surface area contributed by atoms with Gasteiger partial charge in [-0.25, -0.2) is 0 Å². The van der Waals surface area contributed by atoms with Crippen LogP contribution < -0.4 is 5.32 Å². The molecule has 0 aromatic heterocycles. The summed E-state index contributed by atoms with van der Waals surface area (Å²) in [6.07, 6.45) is 0.237. The summed E-state index contributed by atoms with van der Waals surface area (Å²) in [5.74, 6) is -0.871. The molecule has 0 aliphatic carbocycles. The van der Waals surface area contributed by atoms with Gasteiger partial charge in [0.25, 0.3) is 0 Å². The highest BCUT2D eigenvalue weighted by Crippen LogP contribution is 2.15. The van der Waals surface area contributed by atoms with Crippen LogP contribution in [0.4, 0.5) is 0 Å². The van der Waals surface area contributed by atoms with E-state index in [1.807, 2.05) is 13.8 Å². The molecule has 0 heterocycles. The second kappa shape index (κ2) is 6.83. The van der Waals surface area contributed by atoms with Crippen molar-refractivity contribution in [3.8, 4) is 0 Å². The maximum absolute atomic E-state index is 11.1. The number of methoxy groups -OCH3 is 1. The number of nitrogens with one attached hydrogen (secondary N) is 1. The van der Waals surface area contributed by atoms with Gasteiger partial charge in [-0.1, -0.05) is 0 Å². The molecule has 3 unspecified atom stereocenters. The minimum absolute atomic E-state index is 0.0325. The number of ether oxygens (including phenoxy) is 2. The third-order valence-electron chi connectivity index (χ3n) is 2.59. The molecule has 0 fully saturated rings. The Kier molecular flexibility index (Phi) is 6.55. The van der Waals surface area contributed by atoms with E-state index in [1.54, 1.807) is 21.1 Å². The average molecular weight is 233 g/mol. The maximum atomic E-state index is 11.1. The lowest BCUT2D eigenvalue weighted by Gasteiger charge is -2.28. The first-order chi connectivity index (χ1) is 7.35. The first kappa shape index (κ1) is 15.3. The van der Waals surface area contributed by atoms with Gasteiger partial charge in [0.15, 0.2) is 0 Å². The number of carboxylic acid groups (broad SMARTS) is 1. The Bertz CT molecular complexity index is 222. The second-order valence-corrected chi connectivity index (χ2v) is 4.30. The van der Waals surface area contributed by atoms with Gasteiger partial charge in [-0.2, -0.15) is 0 Å². The Labute approximate surface area is 97.1 Å². The van der Waals surface area contributed by atoms with Crippen LogP contribution in [0.3, 0.4) is 0 Å². The van der Waals surface area contributed by atoms with E-state index < -0.39 is 11.5 Å². The summed E-state index contributed by atoms with van der Waals surface area (Å²) in [4.78, 5) is 11.1. The molecule has 0 spiro atoms. The molecule has 0 aromatic rings. The zero-order valence-corrected chi connectivity index (χ0v) is 10.7. The Morgan fingerprint density at radius 1 is 1.44 bits per heavy atom. The second-order valence-electron chi connectivity index (χ2n) is 4.30. The molecule has 0 aliphatic heterocycles. The molecule has 0 saturated heterocycles. The highest BCUT2D eigenvalue weighted by molar-refractivity contribution is 5.78. The van der Waals surface area contributed by atoms with E-state index in [-0.39, 0.29) is 12.2 Å². The van der Waals surface area contributed by atoms with Crippen LogP contribution in [0.2, 0.25) is 0 Å². The van der Waals surface area contributed by atoms with Crippen molar-refractivity contribution in [3.63, 3.8) is 0 Å². The predicted octanol–water partition coefficient (Wildman–Crippen LogP) is 0.879. The minimum Gasteiger partial charge on any atom is -0.480 e. The lowest BCUT2D eigenvalue weighted by Crippen LogP contribution is -2.50. The lowest BCUT2D eigenvalue weighted by atomic mass is 9.95. The van der Waals surface area contributed by atoms with Crippen molar-refractivity contribution in [1.29, 1.82) is 0 Å². The fraction of sp³-hybridized carbons (Fsp3) is 0.909. The third-order valence-corrected chi connectivity index (χ3v) is 2.59. The van der Waals surface area contributed by atoms with Crippen molar-refractivity contribution >= 4 is 5.97 Å². The lowest BCUT2D eigenvalue weighted by molar-refractivity contribution is -0.146. The highest BCUT2D eigenvalue weighted by atomic mass is 16.5. The van der Waals surface area contributed by atoms with Gasteiger partial charge in [0.1, 0.15) is 5.54 Å². The number of carboxylic acids is 1. The van der Waals surface area contributed by atoms with E-state index in [0.717, 1.165) is 0 Å². The summed E-state index contributed by atoms with van der Waals surface area (Å²) in [7, 11) is 3.25. The van der Waals surface area contributed by atoms with Crippen molar-refractivity contribution in [3.05, 3.63) is 0 Å². The van der Waals surface area contributed by atoms with E-state index >= 15 is 0 Å². The molecule has 0 aliphatic rings. The van der Waals surface area contributed by atoms with Crippen molar-refractivity contribution in [1.82, 2.24) is 5.32 Å². The molecule has 0 saturated carbocycles. The van der Waals surface area contributed by atoms with Crippen molar-refractivity contribution in [2.75, 3.05) is 20.8 Å². The predicted molar refractivity (Wildman–Crippen MR) is 61.6 cm³/mol. The molecule has 2 N–H and O–H groups in total. The molecule has 0 amide bonds. The van der Waals surface area contributed by atoms with Crippen LogP contribution in [0.25, 0.3) is 0 Å². The molecule has 0 radical (unpaired) electrons. The Balaban J connectivity index is 4.21. The van der Waals surface area contributed by atoms with E-state index in [4.69, 9.17) is 14.6 Å². The SMILES string of the molecule is CNC(C)(CC(C)OC(C)COC)C(=O)O. The van der Waals surface area contributed by atoms with Crippen molar-refractivity contribution in [2.45, 2.75) is 44.9 Å². The minimum atomic E-state index is -0.952. The average Bonchev–Trinajstić information content (AvgIpc) is 2.17. The van der Waals surface area contributed by atoms with Gasteiger partial charge in [0.2, 0.25) is 0 Å². The summed E-state index contributed by atoms with van der Waals surface area (Å²) >= 11 is 0. The normalized spacial score (nSPS) is 18.8. The molecule has 0 rings (SSSR count). The van der Waals surface area contributed by atoms with Gasteiger partial charge in [-0.05, 0) is 27.8 Å². The Hall–Kier alpha value is -0.650. The molecular weight excluding hydrogens is 210 g/mol. The van der Waals surface area contributed by atoms with Gasteiger partial charge in [0, 0.05) is 13.5 Å². The number of hydrogen-bond acceptors (Lipinski definition) is 4. The molecule has 16 heavy (non-hydrogen) atoms. The van der Waals surface area contributed by atoms with Crippen molar-refractivity contribution < 1.29 is 19.4 Å². The number of carbonyl (C=O) groups is 1. The van der Waals surface area contributed by atoms with Gasteiger partial charge >= 0.3 is 5.97 Å². The first-order valence-corrected chi connectivity index (χ1v) is 5.42. The van der Waals surface area contributed by atoms with E-state index in [1.165, 1.54) is 0 Å². The van der Waals surface area contributed by atoms with Crippen LogP contribution in [-0.2, 0) is 14.3 Å². The summed E-state index contributed by atoms with van der Waals surface area (Å²) < 4.78 is 10.6. The molecule has 5 nitrogen and oxygen atoms in total. The quantitative estimate of drug-likeness (QED) is 0.651. The molecule has 0 bridgehead atoms. The van der Waals surface area contributed by atoms with E-state index in [2.05, 4.69) is 5.32 Å². The standard InChI is InChI=1S/C11H23NO4/c1-8(16-9(2)7-15-5)6-11(3,12-4)10(13)14/h8-9,12H,6-7H2,1-5H3,(H,13,14). The van der Waals surface area contributed by atoms with Gasteiger partial charge in [-0.15, -0.1) is 0 Å². The smallest absolute Gasteiger partial charge is 0.323 e. The zero-order valence-electron chi connectivity index (χ0n) is 10.7. The third kappa shape index (κ3) is 4.92. The number of aliphatic carboxylic acids is 1. The Morgan fingerprint density at radius 3 is 2.38 bits per heavy atom. The van der Waals surface area contributed by atoms with Crippen LogP contribution in [0, 0.1) is 0 Å². The summed E-state index contributed by atoms with van der Waals surface area (Å²) in [6, 6.07) is 0. The van der Waals surface area contributed by atoms with Gasteiger partial charge < -0.3 is 19.9 Å². The molecule has 5 heteroatoms. The summed E-state index contributed by atoms with van der Waals surface area (Å²) in [5.41, 5.74) is -0.952. The maximum Gasteiger partial charge on any atom is 0.323 e. The molecule has 3 atom stereocenters. The van der Waals surface area contributed by atoms with Crippen LogP contribution in [0.15, 0.2) is 0 Å². The van der Waals surface area contributed by atoms with E-state index in [0.29, 0.717) is 13.0 Å². The number of rotatable bonds is 8. The Morgan fingerprint density at radius 2 is 2.00 bits per heavy atom. The van der Waals surface area contributed by atoms with Gasteiger partial charge in [-0.3, -0.25) is 4.79 Å². The summed E-state index contributed by atoms with van der Waals surface area (Å²) in [6.45, 7) is 5.92. The summed E-state index contributed by atoms with van der Waals surface area (Å²) in [5, 5.41) is 11.9. The van der Waals surface area contributed by atoms with Crippen LogP contribution in [-0.4, -0.2) is 49.6 Å². The highest BCUT2D eigenvalue weighted by Gasteiger charge is 2.33. The van der Waals surface area contributed by atoms with Gasteiger partial charge in [0.05, 0.1) is 18.8 Å². The largest absolute Gasteiger partial charge is 0.480 e. The first-order valence-electron chi connectivity index (χ1n) is 5.42. The number of hydrogen-bond donors (Lipinski definition) is 2. The molecule has 96 valence electrons. The molecule has 0 aromatic carbocycles. The fourth-order valence-electron chi connectivity index (χ4n) is 1.59.